The van der Waals surface area contributed by atoms with E-state index in [-0.39, 0.29) is 11.6 Å². The van der Waals surface area contributed by atoms with Crippen molar-refractivity contribution in [1.29, 1.82) is 0 Å². The minimum absolute atomic E-state index is 0.0186. The standard InChI is InChI=1S/C14H22Cl2N2/c1-5-14(2,18(3)4)13(17)9-10-11(15)7-6-8-12(10)16/h6-8,13H,5,9,17H2,1-4H3. The molecule has 0 spiro atoms. The molecule has 0 aromatic heterocycles. The van der Waals surface area contributed by atoms with E-state index in [1.54, 1.807) is 0 Å². The highest BCUT2D eigenvalue weighted by molar-refractivity contribution is 6.36. The zero-order valence-electron chi connectivity index (χ0n) is 11.5. The molecule has 0 bridgehead atoms. The fourth-order valence-corrected chi connectivity index (χ4v) is 2.63. The van der Waals surface area contributed by atoms with Crippen molar-refractivity contribution in [2.75, 3.05) is 14.1 Å². The Labute approximate surface area is 120 Å². The van der Waals surface area contributed by atoms with E-state index in [1.807, 2.05) is 18.2 Å². The first-order valence-corrected chi connectivity index (χ1v) is 6.94. The summed E-state index contributed by atoms with van der Waals surface area (Å²) in [6.07, 6.45) is 1.66. The second-order valence-corrected chi connectivity index (χ2v) is 5.93. The number of likely N-dealkylation sites (N-methyl/N-ethyl adjacent to an activating group) is 1. The van der Waals surface area contributed by atoms with Crippen molar-refractivity contribution in [2.45, 2.75) is 38.3 Å². The average Bonchev–Trinajstić information content (AvgIpc) is 2.32. The average molecular weight is 289 g/mol. The summed E-state index contributed by atoms with van der Waals surface area (Å²) < 4.78 is 0. The molecular weight excluding hydrogens is 267 g/mol. The molecule has 4 heteroatoms. The number of hydrogen-bond donors (Lipinski definition) is 1. The van der Waals surface area contributed by atoms with Crippen LogP contribution in [-0.2, 0) is 6.42 Å². The predicted octanol–water partition coefficient (Wildman–Crippen LogP) is 3.59. The molecule has 102 valence electrons. The monoisotopic (exact) mass is 288 g/mol. The SMILES string of the molecule is CCC(C)(C(N)Cc1c(Cl)cccc1Cl)N(C)C. The lowest BCUT2D eigenvalue weighted by Crippen LogP contribution is -2.55. The summed E-state index contributed by atoms with van der Waals surface area (Å²) in [6.45, 7) is 4.32. The maximum Gasteiger partial charge on any atom is 0.0453 e. The first-order valence-electron chi connectivity index (χ1n) is 6.18. The summed E-state index contributed by atoms with van der Waals surface area (Å²) in [6, 6.07) is 5.54. The summed E-state index contributed by atoms with van der Waals surface area (Å²) >= 11 is 12.4. The fraction of sp³-hybridized carbons (Fsp3) is 0.571. The van der Waals surface area contributed by atoms with Gasteiger partial charge in [0.2, 0.25) is 0 Å². The van der Waals surface area contributed by atoms with Crippen LogP contribution < -0.4 is 5.73 Å². The van der Waals surface area contributed by atoms with Crippen LogP contribution in [0.15, 0.2) is 18.2 Å². The van der Waals surface area contributed by atoms with E-state index < -0.39 is 0 Å². The lowest BCUT2D eigenvalue weighted by atomic mass is 9.85. The molecule has 1 aromatic rings. The van der Waals surface area contributed by atoms with Gasteiger partial charge < -0.3 is 10.6 Å². The van der Waals surface area contributed by atoms with Crippen molar-refractivity contribution in [3.63, 3.8) is 0 Å². The summed E-state index contributed by atoms with van der Waals surface area (Å²) in [5.41, 5.74) is 7.25. The van der Waals surface area contributed by atoms with Crippen LogP contribution >= 0.6 is 23.2 Å². The molecule has 2 unspecified atom stereocenters. The van der Waals surface area contributed by atoms with E-state index in [0.29, 0.717) is 16.5 Å². The maximum atomic E-state index is 6.37. The lowest BCUT2D eigenvalue weighted by Gasteiger charge is -2.41. The first-order chi connectivity index (χ1) is 8.32. The van der Waals surface area contributed by atoms with Crippen molar-refractivity contribution in [3.05, 3.63) is 33.8 Å². The van der Waals surface area contributed by atoms with Crippen LogP contribution in [0, 0.1) is 0 Å². The smallest absolute Gasteiger partial charge is 0.0453 e. The van der Waals surface area contributed by atoms with Crippen LogP contribution in [0.1, 0.15) is 25.8 Å². The molecule has 0 saturated carbocycles. The van der Waals surface area contributed by atoms with Crippen molar-refractivity contribution < 1.29 is 0 Å². The molecule has 0 heterocycles. The highest BCUT2D eigenvalue weighted by Crippen LogP contribution is 2.29. The maximum absolute atomic E-state index is 6.37. The van der Waals surface area contributed by atoms with Gasteiger partial charge in [0.15, 0.2) is 0 Å². The van der Waals surface area contributed by atoms with E-state index in [4.69, 9.17) is 28.9 Å². The fourth-order valence-electron chi connectivity index (χ4n) is 2.08. The number of halogens is 2. The summed E-state index contributed by atoms with van der Waals surface area (Å²) in [5, 5.41) is 1.38. The number of nitrogens with zero attached hydrogens (tertiary/aromatic N) is 1. The van der Waals surface area contributed by atoms with Crippen molar-refractivity contribution in [2.24, 2.45) is 5.73 Å². The van der Waals surface area contributed by atoms with Gasteiger partial charge in [-0.1, -0.05) is 36.2 Å². The molecule has 0 amide bonds. The largest absolute Gasteiger partial charge is 0.326 e. The number of rotatable bonds is 5. The van der Waals surface area contributed by atoms with Gasteiger partial charge in [-0.3, -0.25) is 0 Å². The van der Waals surface area contributed by atoms with Gasteiger partial charge in [-0.2, -0.15) is 0 Å². The topological polar surface area (TPSA) is 29.3 Å². The Morgan fingerprint density at radius 1 is 1.28 bits per heavy atom. The normalized spacial score (nSPS) is 16.7. The molecule has 2 atom stereocenters. The highest BCUT2D eigenvalue weighted by Gasteiger charge is 2.32. The third-order valence-electron chi connectivity index (χ3n) is 4.02. The van der Waals surface area contributed by atoms with Gasteiger partial charge in [0.25, 0.3) is 0 Å². The van der Waals surface area contributed by atoms with Gasteiger partial charge >= 0.3 is 0 Å². The van der Waals surface area contributed by atoms with Crippen LogP contribution in [0.2, 0.25) is 10.0 Å². The van der Waals surface area contributed by atoms with Crippen LogP contribution in [-0.4, -0.2) is 30.6 Å². The summed E-state index contributed by atoms with van der Waals surface area (Å²) in [4.78, 5) is 2.17. The molecule has 1 rings (SSSR count). The van der Waals surface area contributed by atoms with Crippen LogP contribution in [0.25, 0.3) is 0 Å². The van der Waals surface area contributed by atoms with Crippen LogP contribution in [0.4, 0.5) is 0 Å². The van der Waals surface area contributed by atoms with E-state index >= 15 is 0 Å². The van der Waals surface area contributed by atoms with E-state index in [2.05, 4.69) is 32.8 Å². The third-order valence-corrected chi connectivity index (χ3v) is 4.73. The summed E-state index contributed by atoms with van der Waals surface area (Å²) in [5.74, 6) is 0. The van der Waals surface area contributed by atoms with Gasteiger partial charge in [0.1, 0.15) is 0 Å². The molecular formula is C14H22Cl2N2. The third kappa shape index (κ3) is 3.18. The van der Waals surface area contributed by atoms with E-state index in [9.17, 15) is 0 Å². The zero-order valence-corrected chi connectivity index (χ0v) is 13.0. The quantitative estimate of drug-likeness (QED) is 0.897. The second-order valence-electron chi connectivity index (χ2n) is 5.12. The molecule has 0 fully saturated rings. The number of benzene rings is 1. The Hall–Kier alpha value is -0.280. The molecule has 18 heavy (non-hydrogen) atoms. The molecule has 1 aromatic carbocycles. The molecule has 0 aliphatic rings. The summed E-state index contributed by atoms with van der Waals surface area (Å²) in [7, 11) is 4.11. The zero-order chi connectivity index (χ0) is 13.9. The minimum Gasteiger partial charge on any atom is -0.326 e. The Morgan fingerprint density at radius 2 is 1.78 bits per heavy atom. The molecule has 0 aliphatic carbocycles. The molecule has 0 aliphatic heterocycles. The Morgan fingerprint density at radius 3 is 2.17 bits per heavy atom. The van der Waals surface area contributed by atoms with Gasteiger partial charge in [0, 0.05) is 21.6 Å². The van der Waals surface area contributed by atoms with Crippen molar-refractivity contribution in [1.82, 2.24) is 4.90 Å². The van der Waals surface area contributed by atoms with Gasteiger partial charge in [-0.25, -0.2) is 0 Å². The Kier molecular flexibility index (Phi) is 5.47. The molecule has 2 N–H and O–H groups in total. The van der Waals surface area contributed by atoms with Gasteiger partial charge in [0.05, 0.1) is 0 Å². The van der Waals surface area contributed by atoms with Gasteiger partial charge in [-0.05, 0) is 51.6 Å². The van der Waals surface area contributed by atoms with Crippen LogP contribution in [0.3, 0.4) is 0 Å². The highest BCUT2D eigenvalue weighted by atomic mass is 35.5. The van der Waals surface area contributed by atoms with Crippen LogP contribution in [0.5, 0.6) is 0 Å². The molecule has 0 saturated heterocycles. The predicted molar refractivity (Wildman–Crippen MR) is 80.5 cm³/mol. The Balaban J connectivity index is 2.97. The van der Waals surface area contributed by atoms with Crippen molar-refractivity contribution in [3.8, 4) is 0 Å². The second kappa shape index (κ2) is 6.25. The van der Waals surface area contributed by atoms with E-state index in [1.165, 1.54) is 0 Å². The van der Waals surface area contributed by atoms with E-state index in [0.717, 1.165) is 12.0 Å². The molecule has 0 radical (unpaired) electrons. The number of hydrogen-bond acceptors (Lipinski definition) is 2. The van der Waals surface area contributed by atoms with Gasteiger partial charge in [-0.15, -0.1) is 0 Å². The lowest BCUT2D eigenvalue weighted by molar-refractivity contribution is 0.131. The molecule has 2 nitrogen and oxygen atoms in total. The Bertz CT molecular complexity index is 387. The van der Waals surface area contributed by atoms with Crippen molar-refractivity contribution >= 4 is 23.2 Å². The number of nitrogens with two attached hydrogens (primary N) is 1. The minimum atomic E-state index is -0.0670. The first kappa shape index (κ1) is 15.8.